The minimum Gasteiger partial charge on any atom is -0.351 e. The van der Waals surface area contributed by atoms with E-state index < -0.39 is 0 Å². The van der Waals surface area contributed by atoms with E-state index in [0.29, 0.717) is 24.1 Å². The molecule has 0 saturated carbocycles. The van der Waals surface area contributed by atoms with E-state index in [2.05, 4.69) is 30.7 Å². The molecule has 6 heteroatoms. The van der Waals surface area contributed by atoms with Crippen molar-refractivity contribution in [2.45, 2.75) is 39.3 Å². The Morgan fingerprint density at radius 1 is 1.55 bits per heavy atom. The molecule has 0 radical (unpaired) electrons. The third-order valence-corrected chi connectivity index (χ3v) is 3.42. The van der Waals surface area contributed by atoms with Crippen LogP contribution in [0, 0.1) is 0 Å². The van der Waals surface area contributed by atoms with Crippen LogP contribution in [0.25, 0.3) is 0 Å². The number of amides is 1. The summed E-state index contributed by atoms with van der Waals surface area (Å²) in [5.74, 6) is 0.792. The Hall–Kier alpha value is -1.23. The normalized spacial score (nSPS) is 19.6. The lowest BCUT2D eigenvalue weighted by Gasteiger charge is -2.49. The summed E-state index contributed by atoms with van der Waals surface area (Å²) in [6.07, 6.45) is 0. The molecular formula is C14H25ClN4O. The van der Waals surface area contributed by atoms with Crippen LogP contribution >= 0.6 is 11.6 Å². The first kappa shape index (κ1) is 16.8. The van der Waals surface area contributed by atoms with E-state index in [1.165, 1.54) is 0 Å². The zero-order valence-electron chi connectivity index (χ0n) is 13.0. The van der Waals surface area contributed by atoms with E-state index in [1.54, 1.807) is 7.05 Å². The summed E-state index contributed by atoms with van der Waals surface area (Å²) in [5, 5.41) is 3.63. The first-order chi connectivity index (χ1) is 9.19. The standard InChI is InChI=1S/C14H25ClN4O/c1-10(2)19-12(20)8-18(9-14(19,4)5)13(16-6)17-7-11(3)15/h10H,3,7-9H2,1-2,4-6H3,(H,16,17). The van der Waals surface area contributed by atoms with E-state index in [1.807, 2.05) is 23.6 Å². The Bertz CT molecular complexity index is 417. The van der Waals surface area contributed by atoms with Crippen LogP contribution in [0.15, 0.2) is 16.6 Å². The van der Waals surface area contributed by atoms with Gasteiger partial charge in [0.15, 0.2) is 5.96 Å². The molecule has 0 atom stereocenters. The maximum Gasteiger partial charge on any atom is 0.242 e. The molecule has 0 spiro atoms. The fourth-order valence-electron chi connectivity index (χ4n) is 2.82. The first-order valence-electron chi connectivity index (χ1n) is 6.80. The zero-order chi connectivity index (χ0) is 15.5. The van der Waals surface area contributed by atoms with Crippen molar-refractivity contribution in [3.05, 3.63) is 11.6 Å². The molecule has 5 nitrogen and oxygen atoms in total. The average molecular weight is 301 g/mol. The van der Waals surface area contributed by atoms with Gasteiger partial charge < -0.3 is 15.1 Å². The lowest BCUT2D eigenvalue weighted by molar-refractivity contribution is -0.145. The van der Waals surface area contributed by atoms with Crippen molar-refractivity contribution in [2.75, 3.05) is 26.7 Å². The molecule has 0 aromatic carbocycles. The predicted molar refractivity (Wildman–Crippen MR) is 84.0 cm³/mol. The van der Waals surface area contributed by atoms with Crippen LogP contribution in [0.1, 0.15) is 27.7 Å². The van der Waals surface area contributed by atoms with E-state index in [4.69, 9.17) is 11.6 Å². The van der Waals surface area contributed by atoms with Crippen LogP contribution in [0.3, 0.4) is 0 Å². The SMILES string of the molecule is C=C(Cl)CNC(=NC)N1CC(=O)N(C(C)C)C(C)(C)C1. The topological polar surface area (TPSA) is 47.9 Å². The van der Waals surface area contributed by atoms with Gasteiger partial charge in [-0.05, 0) is 27.7 Å². The van der Waals surface area contributed by atoms with Gasteiger partial charge in [-0.15, -0.1) is 0 Å². The highest BCUT2D eigenvalue weighted by Gasteiger charge is 2.40. The van der Waals surface area contributed by atoms with E-state index >= 15 is 0 Å². The fourth-order valence-corrected chi connectivity index (χ4v) is 2.89. The number of carbonyl (C=O) groups is 1. The van der Waals surface area contributed by atoms with Crippen LogP contribution in [0.4, 0.5) is 0 Å². The molecule has 1 rings (SSSR count). The maximum atomic E-state index is 12.4. The van der Waals surface area contributed by atoms with Crippen LogP contribution in [0.5, 0.6) is 0 Å². The number of rotatable bonds is 3. The Morgan fingerprint density at radius 3 is 2.55 bits per heavy atom. The third kappa shape index (κ3) is 3.88. The number of nitrogens with zero attached hydrogens (tertiary/aromatic N) is 3. The number of hydrogen-bond donors (Lipinski definition) is 1. The van der Waals surface area contributed by atoms with Crippen molar-refractivity contribution < 1.29 is 4.79 Å². The Morgan fingerprint density at radius 2 is 2.15 bits per heavy atom. The molecule has 1 amide bonds. The van der Waals surface area contributed by atoms with E-state index in [9.17, 15) is 4.79 Å². The Balaban J connectivity index is 2.85. The van der Waals surface area contributed by atoms with Crippen molar-refractivity contribution in [3.8, 4) is 0 Å². The molecule has 1 N–H and O–H groups in total. The molecule has 1 aliphatic rings. The van der Waals surface area contributed by atoms with Gasteiger partial charge in [-0.25, -0.2) is 0 Å². The highest BCUT2D eigenvalue weighted by Crippen LogP contribution is 2.24. The third-order valence-electron chi connectivity index (χ3n) is 3.29. The van der Waals surface area contributed by atoms with Crippen molar-refractivity contribution >= 4 is 23.5 Å². The molecule has 1 aliphatic heterocycles. The minimum absolute atomic E-state index is 0.115. The quantitative estimate of drug-likeness (QED) is 0.637. The number of nitrogens with one attached hydrogen (secondary N) is 1. The van der Waals surface area contributed by atoms with Gasteiger partial charge in [-0.3, -0.25) is 9.79 Å². The van der Waals surface area contributed by atoms with Gasteiger partial charge in [-0.1, -0.05) is 18.2 Å². The smallest absolute Gasteiger partial charge is 0.242 e. The Labute approximate surface area is 126 Å². The summed E-state index contributed by atoms with van der Waals surface area (Å²) in [7, 11) is 1.70. The number of guanidine groups is 1. The Kier molecular flexibility index (Phi) is 5.45. The monoisotopic (exact) mass is 300 g/mol. The molecule has 0 aliphatic carbocycles. The fraction of sp³-hybridized carbons (Fsp3) is 0.714. The number of aliphatic imine (C=N–C) groups is 1. The molecule has 0 aromatic rings. The summed E-state index contributed by atoms with van der Waals surface area (Å²) in [4.78, 5) is 20.5. The highest BCUT2D eigenvalue weighted by molar-refractivity contribution is 6.29. The van der Waals surface area contributed by atoms with Crippen LogP contribution in [-0.2, 0) is 4.79 Å². The van der Waals surface area contributed by atoms with Gasteiger partial charge in [0.2, 0.25) is 5.91 Å². The molecule has 1 fully saturated rings. The molecule has 1 saturated heterocycles. The van der Waals surface area contributed by atoms with Crippen LogP contribution in [0.2, 0.25) is 0 Å². The van der Waals surface area contributed by atoms with Gasteiger partial charge in [0, 0.05) is 24.7 Å². The molecule has 1 heterocycles. The molecule has 20 heavy (non-hydrogen) atoms. The highest BCUT2D eigenvalue weighted by atomic mass is 35.5. The largest absolute Gasteiger partial charge is 0.351 e. The summed E-state index contributed by atoms with van der Waals surface area (Å²) in [6, 6.07) is 0.192. The van der Waals surface area contributed by atoms with Crippen molar-refractivity contribution in [2.24, 2.45) is 4.99 Å². The summed E-state index contributed by atoms with van der Waals surface area (Å²) in [6.45, 7) is 13.4. The van der Waals surface area contributed by atoms with E-state index in [-0.39, 0.29) is 17.5 Å². The van der Waals surface area contributed by atoms with Crippen molar-refractivity contribution in [3.63, 3.8) is 0 Å². The number of halogens is 1. The van der Waals surface area contributed by atoms with Crippen LogP contribution in [-0.4, -0.2) is 59.9 Å². The van der Waals surface area contributed by atoms with Gasteiger partial charge in [0.25, 0.3) is 0 Å². The molecule has 0 aromatic heterocycles. The molecule has 0 unspecified atom stereocenters. The van der Waals surface area contributed by atoms with E-state index in [0.717, 1.165) is 6.54 Å². The van der Waals surface area contributed by atoms with Crippen LogP contribution < -0.4 is 5.32 Å². The van der Waals surface area contributed by atoms with Crippen molar-refractivity contribution in [1.29, 1.82) is 0 Å². The van der Waals surface area contributed by atoms with Gasteiger partial charge in [0.05, 0.1) is 18.6 Å². The van der Waals surface area contributed by atoms with Gasteiger partial charge in [0.1, 0.15) is 0 Å². The second-order valence-electron chi connectivity index (χ2n) is 5.94. The first-order valence-corrected chi connectivity index (χ1v) is 7.18. The van der Waals surface area contributed by atoms with Gasteiger partial charge >= 0.3 is 0 Å². The predicted octanol–water partition coefficient (Wildman–Crippen LogP) is 1.65. The summed E-state index contributed by atoms with van der Waals surface area (Å²) in [5.41, 5.74) is -0.237. The minimum atomic E-state index is -0.237. The average Bonchev–Trinajstić information content (AvgIpc) is 2.26. The maximum absolute atomic E-state index is 12.4. The zero-order valence-corrected chi connectivity index (χ0v) is 13.8. The van der Waals surface area contributed by atoms with Crippen molar-refractivity contribution in [1.82, 2.24) is 15.1 Å². The number of piperazine rings is 1. The second-order valence-corrected chi connectivity index (χ2v) is 6.48. The molecule has 0 bridgehead atoms. The lowest BCUT2D eigenvalue weighted by atomic mass is 9.96. The summed E-state index contributed by atoms with van der Waals surface area (Å²) >= 11 is 5.76. The number of hydrogen-bond acceptors (Lipinski definition) is 2. The molecule has 114 valence electrons. The second kappa shape index (κ2) is 6.48. The molecular weight excluding hydrogens is 276 g/mol. The van der Waals surface area contributed by atoms with Gasteiger partial charge in [-0.2, -0.15) is 0 Å². The lowest BCUT2D eigenvalue weighted by Crippen LogP contribution is -2.66. The summed E-state index contributed by atoms with van der Waals surface area (Å²) < 4.78 is 0. The number of carbonyl (C=O) groups excluding carboxylic acids is 1.